The molecular formula is C15H10BrFO2S. The normalized spacial score (nSPS) is 12.8. The summed E-state index contributed by atoms with van der Waals surface area (Å²) in [4.78, 5) is 0.632. The van der Waals surface area contributed by atoms with Gasteiger partial charge in [0.25, 0.3) is 0 Å². The first-order valence-electron chi connectivity index (χ1n) is 5.87. The predicted octanol–water partition coefficient (Wildman–Crippen LogP) is 4.74. The van der Waals surface area contributed by atoms with Gasteiger partial charge in [0.2, 0.25) is 0 Å². The molecule has 0 aliphatic heterocycles. The van der Waals surface area contributed by atoms with E-state index < -0.39 is 10.8 Å². The molecule has 0 saturated carbocycles. The zero-order valence-corrected chi connectivity index (χ0v) is 12.9. The summed E-state index contributed by atoms with van der Waals surface area (Å²) < 4.78 is 31.8. The van der Waals surface area contributed by atoms with Crippen LogP contribution in [0.15, 0.2) is 56.2 Å². The SMILES string of the molecule is C[S@](=O)c1c(-c2ccc(F)cc2)oc2ccc(Br)cc12. The lowest BCUT2D eigenvalue weighted by Gasteiger charge is -2.00. The molecule has 1 atom stereocenters. The number of benzene rings is 2. The Morgan fingerprint density at radius 2 is 1.85 bits per heavy atom. The summed E-state index contributed by atoms with van der Waals surface area (Å²) in [5.41, 5.74) is 1.38. The van der Waals surface area contributed by atoms with E-state index in [9.17, 15) is 8.60 Å². The van der Waals surface area contributed by atoms with Crippen LogP contribution in [-0.4, -0.2) is 10.5 Å². The van der Waals surface area contributed by atoms with Crippen molar-refractivity contribution in [3.8, 4) is 11.3 Å². The van der Waals surface area contributed by atoms with Gasteiger partial charge in [-0.2, -0.15) is 0 Å². The molecule has 0 bridgehead atoms. The van der Waals surface area contributed by atoms with E-state index in [0.717, 1.165) is 9.86 Å². The van der Waals surface area contributed by atoms with Gasteiger partial charge >= 0.3 is 0 Å². The van der Waals surface area contributed by atoms with Crippen LogP contribution in [0.3, 0.4) is 0 Å². The van der Waals surface area contributed by atoms with Crippen LogP contribution in [0.25, 0.3) is 22.3 Å². The van der Waals surface area contributed by atoms with Crippen LogP contribution in [0.4, 0.5) is 4.39 Å². The highest BCUT2D eigenvalue weighted by molar-refractivity contribution is 9.10. The number of hydrogen-bond acceptors (Lipinski definition) is 2. The number of halogens is 2. The third-order valence-corrected chi connectivity index (χ3v) is 4.47. The van der Waals surface area contributed by atoms with Gasteiger partial charge in [-0.3, -0.25) is 4.21 Å². The van der Waals surface area contributed by atoms with Crippen LogP contribution in [0.1, 0.15) is 0 Å². The maximum atomic E-state index is 13.0. The molecule has 0 amide bonds. The fourth-order valence-electron chi connectivity index (χ4n) is 2.12. The Labute approximate surface area is 126 Å². The van der Waals surface area contributed by atoms with Gasteiger partial charge in [0, 0.05) is 21.7 Å². The molecule has 3 rings (SSSR count). The molecule has 0 radical (unpaired) electrons. The first-order chi connectivity index (χ1) is 9.56. The van der Waals surface area contributed by atoms with Gasteiger partial charge in [0.05, 0.1) is 15.7 Å². The fraction of sp³-hybridized carbons (Fsp3) is 0.0667. The van der Waals surface area contributed by atoms with Crippen LogP contribution in [0.2, 0.25) is 0 Å². The second-order valence-corrected chi connectivity index (χ2v) is 6.59. The molecule has 1 aromatic heterocycles. The Morgan fingerprint density at radius 3 is 2.50 bits per heavy atom. The highest BCUT2D eigenvalue weighted by Gasteiger charge is 2.19. The Kier molecular flexibility index (Phi) is 3.48. The molecule has 3 aromatic rings. The molecule has 20 heavy (non-hydrogen) atoms. The van der Waals surface area contributed by atoms with Gasteiger partial charge in [-0.25, -0.2) is 4.39 Å². The molecule has 0 aliphatic rings. The van der Waals surface area contributed by atoms with Crippen LogP contribution in [0.5, 0.6) is 0 Å². The molecule has 0 spiro atoms. The number of rotatable bonds is 2. The van der Waals surface area contributed by atoms with Crippen molar-refractivity contribution >= 4 is 37.7 Å². The largest absolute Gasteiger partial charge is 0.455 e. The van der Waals surface area contributed by atoms with Crippen LogP contribution >= 0.6 is 15.9 Å². The van der Waals surface area contributed by atoms with Crippen molar-refractivity contribution in [2.24, 2.45) is 0 Å². The van der Waals surface area contributed by atoms with E-state index in [-0.39, 0.29) is 5.82 Å². The third-order valence-electron chi connectivity index (χ3n) is 3.00. The third kappa shape index (κ3) is 2.31. The predicted molar refractivity (Wildman–Crippen MR) is 81.6 cm³/mol. The minimum absolute atomic E-state index is 0.313. The van der Waals surface area contributed by atoms with Crippen molar-refractivity contribution in [2.75, 3.05) is 6.26 Å². The second-order valence-electron chi connectivity index (χ2n) is 4.36. The van der Waals surface area contributed by atoms with E-state index in [2.05, 4.69) is 15.9 Å². The average molecular weight is 353 g/mol. The minimum atomic E-state index is -1.21. The summed E-state index contributed by atoms with van der Waals surface area (Å²) in [7, 11) is -1.21. The van der Waals surface area contributed by atoms with Gasteiger partial charge in [-0.15, -0.1) is 0 Å². The van der Waals surface area contributed by atoms with E-state index in [0.29, 0.717) is 21.8 Å². The Bertz CT molecular complexity index is 809. The van der Waals surface area contributed by atoms with Gasteiger partial charge < -0.3 is 4.42 Å². The highest BCUT2D eigenvalue weighted by atomic mass is 79.9. The van der Waals surface area contributed by atoms with Crippen molar-refractivity contribution in [3.63, 3.8) is 0 Å². The standard InChI is InChI=1S/C15H10BrFO2S/c1-20(18)15-12-8-10(16)4-7-13(12)19-14(15)9-2-5-11(17)6-3-9/h2-8H,1H3/t20-/m0/s1. The van der Waals surface area contributed by atoms with Gasteiger partial charge in [0.1, 0.15) is 11.4 Å². The number of hydrogen-bond donors (Lipinski definition) is 0. The maximum Gasteiger partial charge on any atom is 0.151 e. The molecule has 0 aliphatic carbocycles. The van der Waals surface area contributed by atoms with Crippen LogP contribution in [-0.2, 0) is 10.8 Å². The van der Waals surface area contributed by atoms with E-state index >= 15 is 0 Å². The first-order valence-corrected chi connectivity index (χ1v) is 8.23. The Morgan fingerprint density at radius 1 is 1.15 bits per heavy atom. The summed E-state index contributed by atoms with van der Waals surface area (Å²) in [6, 6.07) is 11.5. The summed E-state index contributed by atoms with van der Waals surface area (Å²) in [5, 5.41) is 0.805. The van der Waals surface area contributed by atoms with Crippen LogP contribution < -0.4 is 0 Å². The fourth-order valence-corrected chi connectivity index (χ4v) is 3.37. The van der Waals surface area contributed by atoms with Crippen molar-refractivity contribution < 1.29 is 13.0 Å². The molecule has 2 nitrogen and oxygen atoms in total. The number of fused-ring (bicyclic) bond motifs is 1. The number of furan rings is 1. The first kappa shape index (κ1) is 13.5. The zero-order chi connectivity index (χ0) is 14.3. The molecule has 5 heteroatoms. The van der Waals surface area contributed by atoms with Crippen LogP contribution in [0, 0.1) is 5.82 Å². The summed E-state index contributed by atoms with van der Waals surface area (Å²) >= 11 is 3.40. The average Bonchev–Trinajstić information content (AvgIpc) is 2.78. The summed E-state index contributed by atoms with van der Waals surface area (Å²) in [5.74, 6) is 0.214. The van der Waals surface area contributed by atoms with Gasteiger partial charge in [0.15, 0.2) is 5.76 Å². The highest BCUT2D eigenvalue weighted by Crippen LogP contribution is 2.36. The van der Waals surface area contributed by atoms with Crippen molar-refractivity contribution in [3.05, 3.63) is 52.8 Å². The van der Waals surface area contributed by atoms with Gasteiger partial charge in [-0.05, 0) is 42.5 Å². The van der Waals surface area contributed by atoms with Crippen molar-refractivity contribution in [1.82, 2.24) is 0 Å². The smallest absolute Gasteiger partial charge is 0.151 e. The van der Waals surface area contributed by atoms with E-state index in [1.807, 2.05) is 18.2 Å². The molecule has 1 heterocycles. The Balaban J connectivity index is 2.32. The van der Waals surface area contributed by atoms with E-state index in [1.54, 1.807) is 18.4 Å². The molecule has 102 valence electrons. The molecule has 0 unspecified atom stereocenters. The van der Waals surface area contributed by atoms with E-state index in [1.165, 1.54) is 12.1 Å². The van der Waals surface area contributed by atoms with E-state index in [4.69, 9.17) is 4.42 Å². The van der Waals surface area contributed by atoms with Crippen molar-refractivity contribution in [2.45, 2.75) is 4.90 Å². The topological polar surface area (TPSA) is 30.2 Å². The van der Waals surface area contributed by atoms with Crippen molar-refractivity contribution in [1.29, 1.82) is 0 Å². The summed E-state index contributed by atoms with van der Waals surface area (Å²) in [6.45, 7) is 0. The second kappa shape index (κ2) is 5.14. The maximum absolute atomic E-state index is 13.0. The minimum Gasteiger partial charge on any atom is -0.455 e. The lowest BCUT2D eigenvalue weighted by Crippen LogP contribution is -1.89. The summed E-state index contributed by atoms with van der Waals surface area (Å²) in [6.07, 6.45) is 1.61. The molecule has 0 N–H and O–H groups in total. The molecular weight excluding hydrogens is 343 g/mol. The van der Waals surface area contributed by atoms with Gasteiger partial charge in [-0.1, -0.05) is 15.9 Å². The lowest BCUT2D eigenvalue weighted by atomic mass is 10.1. The monoisotopic (exact) mass is 352 g/mol. The zero-order valence-electron chi connectivity index (χ0n) is 10.5. The quantitative estimate of drug-likeness (QED) is 0.666. The lowest BCUT2D eigenvalue weighted by molar-refractivity contribution is 0.618. The molecule has 0 fully saturated rings. The molecule has 2 aromatic carbocycles. The Hall–Kier alpha value is -1.46. The molecule has 0 saturated heterocycles.